The van der Waals surface area contributed by atoms with Gasteiger partial charge in [0.2, 0.25) is 0 Å². The Morgan fingerprint density at radius 3 is 3.08 bits per heavy atom. The summed E-state index contributed by atoms with van der Waals surface area (Å²) in [7, 11) is 0. The SMILES string of the molecule is O=C1C=C[C@]2(O)CCCCC[C@H]12. The van der Waals surface area contributed by atoms with E-state index in [0.29, 0.717) is 0 Å². The number of carbonyl (C=O) groups excluding carboxylic acids is 1. The molecule has 2 heteroatoms. The highest BCUT2D eigenvalue weighted by molar-refractivity contribution is 5.95. The fourth-order valence-corrected chi connectivity index (χ4v) is 2.29. The van der Waals surface area contributed by atoms with Gasteiger partial charge in [-0.3, -0.25) is 4.79 Å². The van der Waals surface area contributed by atoms with Crippen molar-refractivity contribution in [3.05, 3.63) is 12.2 Å². The molecule has 2 aliphatic rings. The van der Waals surface area contributed by atoms with Gasteiger partial charge < -0.3 is 5.11 Å². The first kappa shape index (κ1) is 7.99. The van der Waals surface area contributed by atoms with E-state index in [-0.39, 0.29) is 11.7 Å². The number of hydrogen-bond donors (Lipinski definition) is 1. The van der Waals surface area contributed by atoms with Crippen LogP contribution in [0.15, 0.2) is 12.2 Å². The van der Waals surface area contributed by atoms with E-state index in [1.165, 1.54) is 0 Å². The second-order valence-electron chi connectivity index (χ2n) is 3.88. The van der Waals surface area contributed by atoms with E-state index in [4.69, 9.17) is 0 Å². The fraction of sp³-hybridized carbons (Fsp3) is 0.700. The molecule has 0 heterocycles. The third-order valence-corrected chi connectivity index (χ3v) is 3.05. The van der Waals surface area contributed by atoms with Crippen molar-refractivity contribution in [1.82, 2.24) is 0 Å². The molecule has 66 valence electrons. The molecule has 0 saturated heterocycles. The zero-order valence-electron chi connectivity index (χ0n) is 7.12. The minimum atomic E-state index is -0.784. The molecular formula is C10H14O2. The molecule has 1 fully saturated rings. The van der Waals surface area contributed by atoms with Crippen LogP contribution < -0.4 is 0 Å². The Bertz CT molecular complexity index is 232. The minimum absolute atomic E-state index is 0.124. The monoisotopic (exact) mass is 166 g/mol. The van der Waals surface area contributed by atoms with Gasteiger partial charge in [-0.15, -0.1) is 0 Å². The smallest absolute Gasteiger partial charge is 0.161 e. The van der Waals surface area contributed by atoms with E-state index in [1.807, 2.05) is 0 Å². The van der Waals surface area contributed by atoms with Crippen LogP contribution in [-0.2, 0) is 4.79 Å². The van der Waals surface area contributed by atoms with E-state index in [9.17, 15) is 9.90 Å². The maximum Gasteiger partial charge on any atom is 0.161 e. The average molecular weight is 166 g/mol. The molecule has 1 saturated carbocycles. The molecule has 2 atom stereocenters. The Balaban J connectivity index is 2.24. The fourth-order valence-electron chi connectivity index (χ4n) is 2.29. The molecule has 0 unspecified atom stereocenters. The van der Waals surface area contributed by atoms with Crippen LogP contribution in [0.1, 0.15) is 32.1 Å². The molecule has 2 nitrogen and oxygen atoms in total. The average Bonchev–Trinajstić information content (AvgIpc) is 2.24. The van der Waals surface area contributed by atoms with E-state index >= 15 is 0 Å². The minimum Gasteiger partial charge on any atom is -0.385 e. The summed E-state index contributed by atoms with van der Waals surface area (Å²) in [5, 5.41) is 10.1. The van der Waals surface area contributed by atoms with Crippen molar-refractivity contribution in [2.45, 2.75) is 37.7 Å². The molecule has 0 aromatic heterocycles. The molecule has 0 aromatic carbocycles. The number of fused-ring (bicyclic) bond motifs is 1. The number of aliphatic hydroxyl groups is 1. The molecule has 0 amide bonds. The van der Waals surface area contributed by atoms with Gasteiger partial charge in [0.05, 0.1) is 11.5 Å². The number of allylic oxidation sites excluding steroid dienone is 1. The third kappa shape index (κ3) is 1.11. The molecule has 0 spiro atoms. The zero-order valence-corrected chi connectivity index (χ0v) is 7.12. The Morgan fingerprint density at radius 1 is 1.42 bits per heavy atom. The first-order valence-electron chi connectivity index (χ1n) is 4.68. The van der Waals surface area contributed by atoms with Crippen LogP contribution in [0.5, 0.6) is 0 Å². The largest absolute Gasteiger partial charge is 0.385 e. The van der Waals surface area contributed by atoms with E-state index < -0.39 is 5.60 Å². The summed E-state index contributed by atoms with van der Waals surface area (Å²) < 4.78 is 0. The van der Waals surface area contributed by atoms with Gasteiger partial charge in [-0.25, -0.2) is 0 Å². The van der Waals surface area contributed by atoms with Gasteiger partial charge in [0.1, 0.15) is 0 Å². The summed E-state index contributed by atoms with van der Waals surface area (Å²) in [6, 6.07) is 0. The van der Waals surface area contributed by atoms with Crippen LogP contribution in [0.3, 0.4) is 0 Å². The topological polar surface area (TPSA) is 37.3 Å². The first-order valence-corrected chi connectivity index (χ1v) is 4.68. The summed E-state index contributed by atoms with van der Waals surface area (Å²) in [5.41, 5.74) is -0.784. The van der Waals surface area contributed by atoms with Crippen molar-refractivity contribution in [3.63, 3.8) is 0 Å². The molecule has 0 aliphatic heterocycles. The molecule has 1 N–H and O–H groups in total. The molecule has 12 heavy (non-hydrogen) atoms. The van der Waals surface area contributed by atoms with Crippen LogP contribution in [0, 0.1) is 5.92 Å². The Kier molecular flexibility index (Phi) is 1.80. The van der Waals surface area contributed by atoms with Gasteiger partial charge in [0, 0.05) is 0 Å². The lowest BCUT2D eigenvalue weighted by Crippen LogP contribution is -2.34. The van der Waals surface area contributed by atoms with Crippen LogP contribution >= 0.6 is 0 Å². The quantitative estimate of drug-likeness (QED) is 0.591. The van der Waals surface area contributed by atoms with E-state index in [0.717, 1.165) is 32.1 Å². The Morgan fingerprint density at radius 2 is 2.25 bits per heavy atom. The van der Waals surface area contributed by atoms with Crippen molar-refractivity contribution < 1.29 is 9.90 Å². The predicted octanol–water partition coefficient (Wildman–Crippen LogP) is 1.44. The highest BCUT2D eigenvalue weighted by Crippen LogP contribution is 2.37. The Hall–Kier alpha value is -0.630. The number of ketones is 1. The molecule has 2 rings (SSSR count). The standard InChI is InChI=1S/C10H14O2/c11-9-5-7-10(12)6-3-1-2-4-8(9)10/h5,7-8,12H,1-4,6H2/t8-,10-/m1/s1. The second-order valence-corrected chi connectivity index (χ2v) is 3.88. The molecule has 0 bridgehead atoms. The highest BCUT2D eigenvalue weighted by Gasteiger charge is 2.42. The van der Waals surface area contributed by atoms with Crippen molar-refractivity contribution in [2.24, 2.45) is 5.92 Å². The number of rotatable bonds is 0. The van der Waals surface area contributed by atoms with Crippen LogP contribution in [0.2, 0.25) is 0 Å². The Labute approximate surface area is 72.3 Å². The van der Waals surface area contributed by atoms with Gasteiger partial charge in [-0.05, 0) is 25.0 Å². The van der Waals surface area contributed by atoms with Gasteiger partial charge in [-0.2, -0.15) is 0 Å². The summed E-state index contributed by atoms with van der Waals surface area (Å²) >= 11 is 0. The van der Waals surface area contributed by atoms with Gasteiger partial charge in [0.25, 0.3) is 0 Å². The van der Waals surface area contributed by atoms with Crippen LogP contribution in [0.25, 0.3) is 0 Å². The van der Waals surface area contributed by atoms with Crippen LogP contribution in [-0.4, -0.2) is 16.5 Å². The van der Waals surface area contributed by atoms with Crippen molar-refractivity contribution in [2.75, 3.05) is 0 Å². The van der Waals surface area contributed by atoms with Gasteiger partial charge in [-0.1, -0.05) is 19.3 Å². The molecular weight excluding hydrogens is 152 g/mol. The first-order chi connectivity index (χ1) is 5.72. The number of carbonyl (C=O) groups is 1. The van der Waals surface area contributed by atoms with E-state index in [1.54, 1.807) is 12.2 Å². The van der Waals surface area contributed by atoms with Crippen molar-refractivity contribution >= 4 is 5.78 Å². The van der Waals surface area contributed by atoms with Gasteiger partial charge in [0.15, 0.2) is 5.78 Å². The lowest BCUT2D eigenvalue weighted by molar-refractivity contribution is -0.122. The van der Waals surface area contributed by atoms with Crippen molar-refractivity contribution in [3.8, 4) is 0 Å². The van der Waals surface area contributed by atoms with E-state index in [2.05, 4.69) is 0 Å². The maximum atomic E-state index is 11.3. The third-order valence-electron chi connectivity index (χ3n) is 3.05. The van der Waals surface area contributed by atoms with Gasteiger partial charge >= 0.3 is 0 Å². The predicted molar refractivity (Wildman–Crippen MR) is 45.7 cm³/mol. The molecule has 0 aromatic rings. The summed E-state index contributed by atoms with van der Waals surface area (Å²) in [6.07, 6.45) is 8.16. The zero-order chi connectivity index (χ0) is 8.60. The normalized spacial score (nSPS) is 41.1. The summed E-state index contributed by atoms with van der Waals surface area (Å²) in [6.45, 7) is 0. The summed E-state index contributed by atoms with van der Waals surface area (Å²) in [5.74, 6) is -0.000556. The molecule has 2 aliphatic carbocycles. The second kappa shape index (κ2) is 2.70. The van der Waals surface area contributed by atoms with Crippen LogP contribution in [0.4, 0.5) is 0 Å². The van der Waals surface area contributed by atoms with Crippen molar-refractivity contribution in [1.29, 1.82) is 0 Å². The lowest BCUT2D eigenvalue weighted by atomic mass is 9.86. The lowest BCUT2D eigenvalue weighted by Gasteiger charge is -2.25. The highest BCUT2D eigenvalue weighted by atomic mass is 16.3. The number of hydrogen-bond acceptors (Lipinski definition) is 2. The molecule has 0 radical (unpaired) electrons. The maximum absolute atomic E-state index is 11.3. The summed E-state index contributed by atoms with van der Waals surface area (Å²) in [4.78, 5) is 11.3.